The van der Waals surface area contributed by atoms with Gasteiger partial charge in [-0.2, -0.15) is 0 Å². The molecule has 0 radical (unpaired) electrons. The van der Waals surface area contributed by atoms with E-state index in [-0.39, 0.29) is 12.2 Å². The van der Waals surface area contributed by atoms with Crippen molar-refractivity contribution in [3.05, 3.63) is 35.4 Å². The van der Waals surface area contributed by atoms with Gasteiger partial charge in [0.1, 0.15) is 11.6 Å². The van der Waals surface area contributed by atoms with Crippen LogP contribution in [0.5, 0.6) is 0 Å². The molecule has 0 saturated heterocycles. The van der Waals surface area contributed by atoms with E-state index in [0.29, 0.717) is 17.5 Å². The average Bonchev–Trinajstić information content (AvgIpc) is 2.44. The first-order valence-corrected chi connectivity index (χ1v) is 7.47. The lowest BCUT2D eigenvalue weighted by Gasteiger charge is -2.22. The topological polar surface area (TPSA) is 92.7 Å². The summed E-state index contributed by atoms with van der Waals surface area (Å²) < 4.78 is 5.06. The number of aliphatic carboxylic acids is 1. The molecule has 126 valence electrons. The number of alkyl carbamates (subject to hydrolysis) is 1. The van der Waals surface area contributed by atoms with Gasteiger partial charge >= 0.3 is 12.1 Å². The van der Waals surface area contributed by atoms with Crippen molar-refractivity contribution in [1.29, 1.82) is 0 Å². The van der Waals surface area contributed by atoms with E-state index in [1.54, 1.807) is 52.0 Å². The lowest BCUT2D eigenvalue weighted by Crippen LogP contribution is -2.44. The molecule has 6 heteroatoms. The molecule has 6 nitrogen and oxygen atoms in total. The lowest BCUT2D eigenvalue weighted by atomic mass is 10.0. The van der Waals surface area contributed by atoms with Gasteiger partial charge in [0.25, 0.3) is 0 Å². The second-order valence-corrected chi connectivity index (χ2v) is 6.21. The van der Waals surface area contributed by atoms with Crippen LogP contribution in [0.25, 0.3) is 0 Å². The Kier molecular flexibility index (Phi) is 6.30. The number of carboxylic acid groups (broad SMARTS) is 1. The molecule has 0 bridgehead atoms. The molecule has 1 rings (SSSR count). The summed E-state index contributed by atoms with van der Waals surface area (Å²) in [6, 6.07) is 5.60. The highest BCUT2D eigenvalue weighted by Crippen LogP contribution is 2.11. The smallest absolute Gasteiger partial charge is 0.408 e. The third-order valence-electron chi connectivity index (χ3n) is 3.03. The van der Waals surface area contributed by atoms with Crippen molar-refractivity contribution in [2.45, 2.75) is 52.2 Å². The maximum absolute atomic E-state index is 11.7. The van der Waals surface area contributed by atoms with Crippen LogP contribution in [-0.2, 0) is 16.0 Å². The minimum absolute atomic E-state index is 0.0261. The average molecular weight is 321 g/mol. The first-order valence-electron chi connectivity index (χ1n) is 7.47. The van der Waals surface area contributed by atoms with Crippen LogP contribution in [0.2, 0.25) is 0 Å². The number of carbonyl (C=O) groups excluding carboxylic acids is 2. The Balaban J connectivity index is 2.75. The van der Waals surface area contributed by atoms with Gasteiger partial charge in [-0.25, -0.2) is 9.59 Å². The van der Waals surface area contributed by atoms with Gasteiger partial charge in [0.15, 0.2) is 5.78 Å². The fourth-order valence-electron chi connectivity index (χ4n) is 1.92. The Hall–Kier alpha value is -2.37. The van der Waals surface area contributed by atoms with E-state index < -0.39 is 23.7 Å². The number of ether oxygens (including phenoxy) is 1. The first-order chi connectivity index (χ1) is 10.6. The standard InChI is InChI=1S/C17H23NO5/c1-5-14(19)12-8-6-11(7-9-12)10-13(15(20)21)18-16(22)23-17(2,3)4/h6-9,13H,5,10H2,1-4H3,(H,18,22)(H,20,21). The highest BCUT2D eigenvalue weighted by atomic mass is 16.6. The van der Waals surface area contributed by atoms with E-state index in [0.717, 1.165) is 0 Å². The predicted octanol–water partition coefficient (Wildman–Crippen LogP) is 2.80. The zero-order valence-electron chi connectivity index (χ0n) is 13.9. The van der Waals surface area contributed by atoms with E-state index in [1.165, 1.54) is 0 Å². The van der Waals surface area contributed by atoms with Gasteiger partial charge in [0.2, 0.25) is 0 Å². The molecule has 0 spiro atoms. The Morgan fingerprint density at radius 3 is 2.17 bits per heavy atom. The van der Waals surface area contributed by atoms with Crippen molar-refractivity contribution in [3.63, 3.8) is 0 Å². The third kappa shape index (κ3) is 6.50. The summed E-state index contributed by atoms with van der Waals surface area (Å²) in [5.74, 6) is -1.12. The van der Waals surface area contributed by atoms with Gasteiger partial charge in [-0.05, 0) is 26.3 Å². The van der Waals surface area contributed by atoms with Crippen LogP contribution in [0.3, 0.4) is 0 Å². The van der Waals surface area contributed by atoms with Crippen molar-refractivity contribution in [3.8, 4) is 0 Å². The Bertz CT molecular complexity index is 572. The van der Waals surface area contributed by atoms with Crippen LogP contribution in [0.1, 0.15) is 50.0 Å². The highest BCUT2D eigenvalue weighted by molar-refractivity contribution is 5.95. The van der Waals surface area contributed by atoms with Crippen LogP contribution < -0.4 is 5.32 Å². The summed E-state index contributed by atoms with van der Waals surface area (Å²) in [5, 5.41) is 11.6. The Morgan fingerprint density at radius 2 is 1.74 bits per heavy atom. The van der Waals surface area contributed by atoms with Crippen molar-refractivity contribution < 1.29 is 24.2 Å². The first kappa shape index (κ1) is 18.7. The van der Waals surface area contributed by atoms with Gasteiger partial charge in [-0.3, -0.25) is 4.79 Å². The monoisotopic (exact) mass is 321 g/mol. The van der Waals surface area contributed by atoms with Crippen molar-refractivity contribution in [1.82, 2.24) is 5.32 Å². The maximum atomic E-state index is 11.7. The minimum Gasteiger partial charge on any atom is -0.480 e. The molecule has 0 aliphatic carbocycles. The maximum Gasteiger partial charge on any atom is 0.408 e. The molecule has 2 N–H and O–H groups in total. The predicted molar refractivity (Wildman–Crippen MR) is 85.6 cm³/mol. The Labute approximate surface area is 135 Å². The van der Waals surface area contributed by atoms with Crippen LogP contribution in [0.4, 0.5) is 4.79 Å². The summed E-state index contributed by atoms with van der Waals surface area (Å²) in [7, 11) is 0. The number of amides is 1. The molecular weight excluding hydrogens is 298 g/mol. The molecule has 0 aliphatic heterocycles. The van der Waals surface area contributed by atoms with E-state index in [2.05, 4.69) is 5.32 Å². The molecule has 0 aliphatic rings. The largest absolute Gasteiger partial charge is 0.480 e. The SMILES string of the molecule is CCC(=O)c1ccc(CC(NC(=O)OC(C)(C)C)C(=O)O)cc1. The normalized spacial score (nSPS) is 12.3. The van der Waals surface area contributed by atoms with Gasteiger partial charge in [0, 0.05) is 18.4 Å². The lowest BCUT2D eigenvalue weighted by molar-refractivity contribution is -0.139. The number of rotatable bonds is 6. The summed E-state index contributed by atoms with van der Waals surface area (Å²) in [5.41, 5.74) is 0.597. The Morgan fingerprint density at radius 1 is 1.17 bits per heavy atom. The number of ketones is 1. The molecular formula is C17H23NO5. The number of carboxylic acids is 1. The summed E-state index contributed by atoms with van der Waals surface area (Å²) in [6.07, 6.45) is -0.255. The molecule has 0 fully saturated rings. The molecule has 1 aromatic carbocycles. The fraction of sp³-hybridized carbons (Fsp3) is 0.471. The van der Waals surface area contributed by atoms with Crippen molar-refractivity contribution in [2.75, 3.05) is 0 Å². The third-order valence-corrected chi connectivity index (χ3v) is 3.03. The van der Waals surface area contributed by atoms with Crippen LogP contribution in [0, 0.1) is 0 Å². The van der Waals surface area contributed by atoms with Crippen molar-refractivity contribution in [2.24, 2.45) is 0 Å². The number of Topliss-reactive ketones (excluding diaryl/α,β-unsaturated/α-hetero) is 1. The van der Waals surface area contributed by atoms with Crippen molar-refractivity contribution >= 4 is 17.8 Å². The van der Waals surface area contributed by atoms with E-state index in [1.807, 2.05) is 0 Å². The molecule has 23 heavy (non-hydrogen) atoms. The van der Waals surface area contributed by atoms with E-state index in [9.17, 15) is 19.5 Å². The molecule has 1 unspecified atom stereocenters. The van der Waals surface area contributed by atoms with E-state index in [4.69, 9.17) is 4.74 Å². The number of benzene rings is 1. The molecule has 1 atom stereocenters. The molecule has 0 heterocycles. The summed E-state index contributed by atoms with van der Waals surface area (Å²) in [4.78, 5) is 34.6. The minimum atomic E-state index is -1.15. The molecule has 1 amide bonds. The zero-order valence-corrected chi connectivity index (χ0v) is 13.9. The van der Waals surface area contributed by atoms with Gasteiger partial charge < -0.3 is 15.2 Å². The van der Waals surface area contributed by atoms with Gasteiger partial charge in [0.05, 0.1) is 0 Å². The summed E-state index contributed by atoms with van der Waals surface area (Å²) in [6.45, 7) is 6.88. The molecule has 0 aromatic heterocycles. The van der Waals surface area contributed by atoms with Gasteiger partial charge in [-0.1, -0.05) is 31.2 Å². The van der Waals surface area contributed by atoms with Crippen LogP contribution in [0.15, 0.2) is 24.3 Å². The second-order valence-electron chi connectivity index (χ2n) is 6.21. The fourth-order valence-corrected chi connectivity index (χ4v) is 1.92. The highest BCUT2D eigenvalue weighted by Gasteiger charge is 2.24. The van der Waals surface area contributed by atoms with E-state index >= 15 is 0 Å². The quantitative estimate of drug-likeness (QED) is 0.786. The van der Waals surface area contributed by atoms with Crippen LogP contribution in [-0.4, -0.2) is 34.6 Å². The van der Waals surface area contributed by atoms with Crippen LogP contribution >= 0.6 is 0 Å². The number of hydrogen-bond acceptors (Lipinski definition) is 4. The van der Waals surface area contributed by atoms with Gasteiger partial charge in [-0.15, -0.1) is 0 Å². The summed E-state index contributed by atoms with van der Waals surface area (Å²) >= 11 is 0. The second kappa shape index (κ2) is 7.76. The zero-order chi connectivity index (χ0) is 17.6. The molecule has 0 saturated carbocycles. The number of carbonyl (C=O) groups is 3. The number of nitrogens with one attached hydrogen (secondary N) is 1. The number of hydrogen-bond donors (Lipinski definition) is 2. The molecule has 1 aromatic rings.